The summed E-state index contributed by atoms with van der Waals surface area (Å²) in [7, 11) is 0. The predicted octanol–water partition coefficient (Wildman–Crippen LogP) is 4.05. The van der Waals surface area contributed by atoms with E-state index in [1.54, 1.807) is 0 Å². The highest BCUT2D eigenvalue weighted by molar-refractivity contribution is 6.30. The van der Waals surface area contributed by atoms with Crippen molar-refractivity contribution in [2.24, 2.45) is 0 Å². The quantitative estimate of drug-likeness (QED) is 0.530. The van der Waals surface area contributed by atoms with Crippen LogP contribution in [0, 0.1) is 6.92 Å². The number of rotatable bonds is 7. The lowest BCUT2D eigenvalue weighted by molar-refractivity contribution is -0.117. The summed E-state index contributed by atoms with van der Waals surface area (Å²) in [5.41, 5.74) is 4.12. The third-order valence-corrected chi connectivity index (χ3v) is 6.97. The summed E-state index contributed by atoms with van der Waals surface area (Å²) in [6.45, 7) is 8.61. The highest BCUT2D eigenvalue weighted by Gasteiger charge is 2.21. The minimum atomic E-state index is 0.0278. The zero-order valence-electron chi connectivity index (χ0n) is 20.0. The van der Waals surface area contributed by atoms with Gasteiger partial charge in [-0.05, 0) is 67.8 Å². The van der Waals surface area contributed by atoms with Crippen molar-refractivity contribution in [2.45, 2.75) is 26.3 Å². The molecule has 5 rings (SSSR count). The Hall–Kier alpha value is -2.94. The molecule has 1 aromatic heterocycles. The lowest BCUT2D eigenvalue weighted by Crippen LogP contribution is -2.48. The molecule has 1 N–H and O–H groups in total. The molecule has 3 aromatic rings. The summed E-state index contributed by atoms with van der Waals surface area (Å²) in [5, 5.41) is 7.86. The molecule has 2 aromatic carbocycles. The molecule has 2 aliphatic rings. The van der Waals surface area contributed by atoms with Crippen molar-refractivity contribution < 1.29 is 9.32 Å². The average molecular weight is 495 g/mol. The Morgan fingerprint density at radius 3 is 2.43 bits per heavy atom. The Morgan fingerprint density at radius 2 is 1.71 bits per heavy atom. The van der Waals surface area contributed by atoms with Crippen LogP contribution in [0.5, 0.6) is 0 Å². The third-order valence-electron chi connectivity index (χ3n) is 6.72. The molecule has 9 heteroatoms. The van der Waals surface area contributed by atoms with Gasteiger partial charge in [0.05, 0.1) is 13.1 Å². The van der Waals surface area contributed by atoms with E-state index in [1.165, 1.54) is 18.5 Å². The van der Waals surface area contributed by atoms with Gasteiger partial charge in [-0.3, -0.25) is 14.6 Å². The molecule has 2 aliphatic heterocycles. The zero-order chi connectivity index (χ0) is 24.2. The van der Waals surface area contributed by atoms with Crippen molar-refractivity contribution in [1.82, 2.24) is 19.9 Å². The fourth-order valence-electron chi connectivity index (χ4n) is 4.69. The predicted molar refractivity (Wildman–Crippen MR) is 138 cm³/mol. The van der Waals surface area contributed by atoms with Gasteiger partial charge in [-0.25, -0.2) is 0 Å². The molecule has 0 unspecified atom stereocenters. The summed E-state index contributed by atoms with van der Waals surface area (Å²) in [6, 6.07) is 13.7. The van der Waals surface area contributed by atoms with Crippen LogP contribution in [-0.2, 0) is 11.3 Å². The maximum Gasteiger partial charge on any atom is 0.241 e. The zero-order valence-corrected chi connectivity index (χ0v) is 20.8. The van der Waals surface area contributed by atoms with Gasteiger partial charge in [0.1, 0.15) is 0 Å². The number of anilines is 2. The maximum atomic E-state index is 12.7. The molecule has 0 spiro atoms. The van der Waals surface area contributed by atoms with Crippen LogP contribution in [0.1, 0.15) is 24.3 Å². The molecule has 0 saturated carbocycles. The Morgan fingerprint density at radius 1 is 1.00 bits per heavy atom. The van der Waals surface area contributed by atoms with Crippen LogP contribution >= 0.6 is 11.6 Å². The maximum absolute atomic E-state index is 12.7. The van der Waals surface area contributed by atoms with Crippen LogP contribution in [-0.4, -0.2) is 71.7 Å². The number of hydrogen-bond acceptors (Lipinski definition) is 7. The van der Waals surface area contributed by atoms with E-state index in [0.29, 0.717) is 29.8 Å². The first-order chi connectivity index (χ1) is 17.0. The van der Waals surface area contributed by atoms with E-state index in [-0.39, 0.29) is 5.91 Å². The lowest BCUT2D eigenvalue weighted by Gasteiger charge is -2.33. The smallest absolute Gasteiger partial charge is 0.241 e. The van der Waals surface area contributed by atoms with Gasteiger partial charge < -0.3 is 14.7 Å². The van der Waals surface area contributed by atoms with Crippen LogP contribution in [0.4, 0.5) is 11.4 Å². The van der Waals surface area contributed by atoms with Gasteiger partial charge in [0.2, 0.25) is 17.6 Å². The van der Waals surface area contributed by atoms with E-state index in [9.17, 15) is 4.79 Å². The number of nitrogens with zero attached hydrogens (tertiary/aromatic N) is 5. The fraction of sp³-hybridized carbons (Fsp3) is 0.423. The summed E-state index contributed by atoms with van der Waals surface area (Å²) < 4.78 is 5.45. The normalized spacial score (nSPS) is 17.1. The molecule has 8 nitrogen and oxygen atoms in total. The molecule has 3 heterocycles. The van der Waals surface area contributed by atoms with E-state index in [0.717, 1.165) is 56.1 Å². The first-order valence-electron chi connectivity index (χ1n) is 12.2. The first kappa shape index (κ1) is 23.8. The number of piperazine rings is 1. The van der Waals surface area contributed by atoms with Crippen molar-refractivity contribution in [2.75, 3.05) is 56.0 Å². The largest absolute Gasteiger partial charge is 0.372 e. The molecule has 0 atom stereocenters. The van der Waals surface area contributed by atoms with Crippen LogP contribution in [0.15, 0.2) is 47.0 Å². The minimum Gasteiger partial charge on any atom is -0.372 e. The number of benzene rings is 2. The van der Waals surface area contributed by atoms with Crippen LogP contribution in [0.2, 0.25) is 5.02 Å². The van der Waals surface area contributed by atoms with Gasteiger partial charge in [0, 0.05) is 61.2 Å². The highest BCUT2D eigenvalue weighted by Crippen LogP contribution is 2.25. The van der Waals surface area contributed by atoms with E-state index in [1.807, 2.05) is 30.3 Å². The molecule has 2 saturated heterocycles. The number of aromatic nitrogens is 2. The number of aryl methyl sites for hydroxylation is 1. The minimum absolute atomic E-state index is 0.0278. The Kier molecular flexibility index (Phi) is 7.32. The van der Waals surface area contributed by atoms with E-state index < -0.39 is 0 Å². The first-order valence-corrected chi connectivity index (χ1v) is 12.6. The monoisotopic (exact) mass is 494 g/mol. The topological polar surface area (TPSA) is 77.7 Å². The Balaban J connectivity index is 1.08. The van der Waals surface area contributed by atoms with Crippen LogP contribution in [0.3, 0.4) is 0 Å². The molecular formula is C26H31ClN6O2. The van der Waals surface area contributed by atoms with Gasteiger partial charge in [-0.2, -0.15) is 4.98 Å². The molecule has 0 aliphatic carbocycles. The number of carbonyl (C=O) groups excluding carboxylic acids is 1. The third kappa shape index (κ3) is 6.01. The number of halogens is 1. The summed E-state index contributed by atoms with van der Waals surface area (Å²) >= 11 is 5.95. The van der Waals surface area contributed by atoms with Crippen molar-refractivity contribution in [1.29, 1.82) is 0 Å². The number of amides is 1. The number of nitrogens with one attached hydrogen (secondary N) is 1. The Bertz CT molecular complexity index is 1150. The molecular weight excluding hydrogens is 464 g/mol. The van der Waals surface area contributed by atoms with Crippen molar-refractivity contribution in [3.63, 3.8) is 0 Å². The second-order valence-electron chi connectivity index (χ2n) is 9.31. The summed E-state index contributed by atoms with van der Waals surface area (Å²) in [5.74, 6) is 1.18. The molecule has 1 amide bonds. The standard InChI is InChI=1S/C26H31ClN6O2/c1-19-16-22(33-10-2-3-11-33)8-9-23(19)28-24(34)17-31-12-14-32(15-13-31)18-25-29-26(30-35-25)20-4-6-21(27)7-5-20/h4-9,16H,2-3,10-15,17-18H2,1H3,(H,28,34). The van der Waals surface area contributed by atoms with E-state index in [2.05, 4.69) is 49.2 Å². The molecule has 35 heavy (non-hydrogen) atoms. The van der Waals surface area contributed by atoms with Crippen molar-refractivity contribution >= 4 is 28.9 Å². The van der Waals surface area contributed by atoms with Gasteiger partial charge in [-0.15, -0.1) is 0 Å². The van der Waals surface area contributed by atoms with Gasteiger partial charge in [0.15, 0.2) is 0 Å². The van der Waals surface area contributed by atoms with Gasteiger partial charge in [-0.1, -0.05) is 16.8 Å². The van der Waals surface area contributed by atoms with E-state index in [4.69, 9.17) is 16.1 Å². The summed E-state index contributed by atoms with van der Waals surface area (Å²) in [6.07, 6.45) is 2.51. The van der Waals surface area contributed by atoms with Crippen molar-refractivity contribution in [3.05, 3.63) is 58.9 Å². The number of hydrogen-bond donors (Lipinski definition) is 1. The highest BCUT2D eigenvalue weighted by atomic mass is 35.5. The van der Waals surface area contributed by atoms with Crippen LogP contribution < -0.4 is 10.2 Å². The average Bonchev–Trinajstić information content (AvgIpc) is 3.55. The molecule has 184 valence electrons. The van der Waals surface area contributed by atoms with E-state index >= 15 is 0 Å². The molecule has 2 fully saturated rings. The Labute approximate surface area is 210 Å². The molecule has 0 bridgehead atoms. The van der Waals surface area contributed by atoms with Gasteiger partial charge >= 0.3 is 0 Å². The summed E-state index contributed by atoms with van der Waals surface area (Å²) in [4.78, 5) is 24.1. The van der Waals surface area contributed by atoms with Crippen molar-refractivity contribution in [3.8, 4) is 11.4 Å². The SMILES string of the molecule is Cc1cc(N2CCCC2)ccc1NC(=O)CN1CCN(Cc2nc(-c3ccc(Cl)cc3)no2)CC1. The van der Waals surface area contributed by atoms with Crippen LogP contribution in [0.25, 0.3) is 11.4 Å². The fourth-order valence-corrected chi connectivity index (χ4v) is 4.81. The van der Waals surface area contributed by atoms with Gasteiger partial charge in [0.25, 0.3) is 0 Å². The number of carbonyl (C=O) groups is 1. The second-order valence-corrected chi connectivity index (χ2v) is 9.75. The lowest BCUT2D eigenvalue weighted by atomic mass is 10.1. The second kappa shape index (κ2) is 10.8. The molecule has 0 radical (unpaired) electrons.